The van der Waals surface area contributed by atoms with E-state index in [2.05, 4.69) is 10.3 Å². The van der Waals surface area contributed by atoms with Crippen LogP contribution in [0.1, 0.15) is 12.8 Å². The molecule has 1 N–H and O–H groups in total. The molecule has 28 heavy (non-hydrogen) atoms. The van der Waals surface area contributed by atoms with E-state index in [-0.39, 0.29) is 17.3 Å². The highest BCUT2D eigenvalue weighted by Gasteiger charge is 2.33. The zero-order valence-electron chi connectivity index (χ0n) is 15.8. The fraction of sp³-hybridized carbons (Fsp3) is 0.368. The molecule has 8 nitrogen and oxygen atoms in total. The first-order valence-electron chi connectivity index (χ1n) is 8.90. The Balaban J connectivity index is 1.73. The van der Waals surface area contributed by atoms with Gasteiger partial charge in [-0.25, -0.2) is 13.4 Å². The fourth-order valence-corrected chi connectivity index (χ4v) is 4.68. The first-order valence-corrected chi connectivity index (χ1v) is 10.3. The summed E-state index contributed by atoms with van der Waals surface area (Å²) in [6.07, 6.45) is 2.79. The number of carbonyl (C=O) groups is 1. The molecular weight excluding hydrogens is 382 g/mol. The maximum atomic E-state index is 12.9. The summed E-state index contributed by atoms with van der Waals surface area (Å²) in [4.78, 5) is 16.9. The molecule has 1 saturated heterocycles. The zero-order valence-corrected chi connectivity index (χ0v) is 16.6. The number of nitrogens with one attached hydrogen (secondary N) is 1. The predicted molar refractivity (Wildman–Crippen MR) is 104 cm³/mol. The number of anilines is 1. The standard InChI is InChI=1S/C19H23N3O5S/c1-26-15-7-9-16(10-8-15)28(24,25)22-12-4-5-14(13-22)18(23)21-17-6-3-11-20-19(17)27-2/h3,6-11,14H,4-5,12-13H2,1-2H3,(H,21,23). The van der Waals surface area contributed by atoms with Crippen molar-refractivity contribution < 1.29 is 22.7 Å². The number of benzene rings is 1. The summed E-state index contributed by atoms with van der Waals surface area (Å²) in [5, 5.41) is 2.79. The summed E-state index contributed by atoms with van der Waals surface area (Å²) in [7, 11) is -0.682. The van der Waals surface area contributed by atoms with Gasteiger partial charge in [0.2, 0.25) is 21.8 Å². The second kappa shape index (κ2) is 8.57. The van der Waals surface area contributed by atoms with Gasteiger partial charge in [0, 0.05) is 19.3 Å². The SMILES string of the molecule is COc1ccc(S(=O)(=O)N2CCCC(C(=O)Nc3cccnc3OC)C2)cc1. The van der Waals surface area contributed by atoms with Crippen molar-refractivity contribution in [1.29, 1.82) is 0 Å². The van der Waals surface area contributed by atoms with E-state index in [1.54, 1.807) is 30.5 Å². The third-order valence-electron chi connectivity index (χ3n) is 4.67. The Morgan fingerprint density at radius 2 is 1.93 bits per heavy atom. The highest BCUT2D eigenvalue weighted by atomic mass is 32.2. The Hall–Kier alpha value is -2.65. The van der Waals surface area contributed by atoms with Crippen molar-refractivity contribution in [1.82, 2.24) is 9.29 Å². The van der Waals surface area contributed by atoms with Crippen molar-refractivity contribution in [3.8, 4) is 11.6 Å². The number of methoxy groups -OCH3 is 2. The van der Waals surface area contributed by atoms with Gasteiger partial charge >= 0.3 is 0 Å². The number of rotatable bonds is 6. The van der Waals surface area contributed by atoms with Gasteiger partial charge in [-0.15, -0.1) is 0 Å². The van der Waals surface area contributed by atoms with Crippen molar-refractivity contribution in [3.05, 3.63) is 42.6 Å². The van der Waals surface area contributed by atoms with Crippen LogP contribution >= 0.6 is 0 Å². The molecular formula is C19H23N3O5S. The highest BCUT2D eigenvalue weighted by molar-refractivity contribution is 7.89. The van der Waals surface area contributed by atoms with Crippen molar-refractivity contribution in [3.63, 3.8) is 0 Å². The number of pyridine rings is 1. The number of sulfonamides is 1. The number of piperidine rings is 1. The maximum absolute atomic E-state index is 12.9. The normalized spacial score (nSPS) is 17.7. The number of ether oxygens (including phenoxy) is 2. The maximum Gasteiger partial charge on any atom is 0.243 e. The van der Waals surface area contributed by atoms with Gasteiger partial charge < -0.3 is 14.8 Å². The molecule has 1 aromatic heterocycles. The quantitative estimate of drug-likeness (QED) is 0.791. The smallest absolute Gasteiger partial charge is 0.243 e. The van der Waals surface area contributed by atoms with Crippen molar-refractivity contribution in [2.75, 3.05) is 32.6 Å². The average molecular weight is 405 g/mol. The van der Waals surface area contributed by atoms with Gasteiger partial charge in [-0.05, 0) is 49.2 Å². The average Bonchev–Trinajstić information content (AvgIpc) is 2.74. The first kappa shape index (κ1) is 20.1. The lowest BCUT2D eigenvalue weighted by molar-refractivity contribution is -0.120. The Morgan fingerprint density at radius 1 is 1.18 bits per heavy atom. The van der Waals surface area contributed by atoms with E-state index in [1.165, 1.54) is 30.7 Å². The van der Waals surface area contributed by atoms with Gasteiger partial charge in [0.15, 0.2) is 0 Å². The zero-order chi connectivity index (χ0) is 20.1. The molecule has 3 rings (SSSR count). The van der Waals surface area contributed by atoms with Gasteiger partial charge in [-0.2, -0.15) is 4.31 Å². The molecule has 0 aliphatic carbocycles. The highest BCUT2D eigenvalue weighted by Crippen LogP contribution is 2.27. The lowest BCUT2D eigenvalue weighted by atomic mass is 9.99. The van der Waals surface area contributed by atoms with E-state index >= 15 is 0 Å². The summed E-state index contributed by atoms with van der Waals surface area (Å²) >= 11 is 0. The third-order valence-corrected chi connectivity index (χ3v) is 6.55. The minimum atomic E-state index is -3.68. The van der Waals surface area contributed by atoms with Crippen LogP contribution in [0.4, 0.5) is 5.69 Å². The van der Waals surface area contributed by atoms with Crippen molar-refractivity contribution >= 4 is 21.6 Å². The second-order valence-electron chi connectivity index (χ2n) is 6.43. The van der Waals surface area contributed by atoms with Crippen LogP contribution in [-0.4, -0.2) is 50.9 Å². The predicted octanol–water partition coefficient (Wildman–Crippen LogP) is 2.14. The van der Waals surface area contributed by atoms with Gasteiger partial charge in [-0.3, -0.25) is 4.79 Å². The number of nitrogens with zero attached hydrogens (tertiary/aromatic N) is 2. The van der Waals surface area contributed by atoms with Crippen LogP contribution < -0.4 is 14.8 Å². The monoisotopic (exact) mass is 405 g/mol. The number of aromatic nitrogens is 1. The Kier molecular flexibility index (Phi) is 6.15. The van der Waals surface area contributed by atoms with Gasteiger partial charge in [0.05, 0.1) is 25.0 Å². The number of amides is 1. The molecule has 0 radical (unpaired) electrons. The van der Waals surface area contributed by atoms with E-state index in [1.807, 2.05) is 0 Å². The second-order valence-corrected chi connectivity index (χ2v) is 8.37. The molecule has 1 amide bonds. The van der Waals surface area contributed by atoms with E-state index in [9.17, 15) is 13.2 Å². The van der Waals surface area contributed by atoms with Crippen LogP contribution in [0.2, 0.25) is 0 Å². The van der Waals surface area contributed by atoms with Gasteiger partial charge in [0.25, 0.3) is 0 Å². The molecule has 0 bridgehead atoms. The van der Waals surface area contributed by atoms with Crippen LogP contribution in [-0.2, 0) is 14.8 Å². The van der Waals surface area contributed by atoms with Crippen LogP contribution in [0.25, 0.3) is 0 Å². The topological polar surface area (TPSA) is 97.8 Å². The molecule has 1 aromatic carbocycles. The molecule has 9 heteroatoms. The number of hydrogen-bond acceptors (Lipinski definition) is 6. The Labute approximate surface area is 164 Å². The lowest BCUT2D eigenvalue weighted by Crippen LogP contribution is -2.43. The minimum Gasteiger partial charge on any atom is -0.497 e. The summed E-state index contributed by atoms with van der Waals surface area (Å²) in [5.41, 5.74) is 0.463. The van der Waals surface area contributed by atoms with Crippen LogP contribution in [0.3, 0.4) is 0 Å². The minimum absolute atomic E-state index is 0.128. The van der Waals surface area contributed by atoms with E-state index in [0.29, 0.717) is 36.7 Å². The molecule has 2 heterocycles. The van der Waals surface area contributed by atoms with E-state index < -0.39 is 15.9 Å². The molecule has 2 aromatic rings. The van der Waals surface area contributed by atoms with Crippen LogP contribution in [0.5, 0.6) is 11.6 Å². The van der Waals surface area contributed by atoms with Crippen LogP contribution in [0.15, 0.2) is 47.5 Å². The van der Waals surface area contributed by atoms with E-state index in [0.717, 1.165) is 0 Å². The summed E-state index contributed by atoms with van der Waals surface area (Å²) < 4.78 is 37.5. The molecule has 1 aliphatic heterocycles. The van der Waals surface area contributed by atoms with Crippen molar-refractivity contribution in [2.45, 2.75) is 17.7 Å². The first-order chi connectivity index (χ1) is 13.5. The fourth-order valence-electron chi connectivity index (χ4n) is 3.15. The molecule has 1 aliphatic rings. The van der Waals surface area contributed by atoms with Gasteiger partial charge in [-0.1, -0.05) is 0 Å². The van der Waals surface area contributed by atoms with E-state index in [4.69, 9.17) is 9.47 Å². The van der Waals surface area contributed by atoms with Crippen molar-refractivity contribution in [2.24, 2.45) is 5.92 Å². The Bertz CT molecular complexity index is 931. The Morgan fingerprint density at radius 3 is 2.61 bits per heavy atom. The number of hydrogen-bond donors (Lipinski definition) is 1. The molecule has 1 fully saturated rings. The summed E-state index contributed by atoms with van der Waals surface area (Å²) in [6.45, 7) is 0.511. The largest absolute Gasteiger partial charge is 0.497 e. The molecule has 150 valence electrons. The summed E-state index contributed by atoms with van der Waals surface area (Å²) in [5.74, 6) is 0.197. The van der Waals surface area contributed by atoms with Gasteiger partial charge in [0.1, 0.15) is 11.4 Å². The summed E-state index contributed by atoms with van der Waals surface area (Å²) in [6, 6.07) is 9.62. The number of carbonyl (C=O) groups excluding carboxylic acids is 1. The van der Waals surface area contributed by atoms with Crippen LogP contribution in [0, 0.1) is 5.92 Å². The lowest BCUT2D eigenvalue weighted by Gasteiger charge is -2.31. The third kappa shape index (κ3) is 4.26. The molecule has 1 unspecified atom stereocenters. The molecule has 1 atom stereocenters. The molecule has 0 saturated carbocycles. The molecule has 0 spiro atoms.